The Balaban J connectivity index is 2.08. The van der Waals surface area contributed by atoms with Crippen molar-refractivity contribution in [1.29, 1.82) is 0 Å². The minimum atomic E-state index is -0.693. The van der Waals surface area contributed by atoms with Crippen molar-refractivity contribution in [2.45, 2.75) is 24.7 Å². The van der Waals surface area contributed by atoms with Crippen molar-refractivity contribution in [3.63, 3.8) is 0 Å². The lowest BCUT2D eigenvalue weighted by Gasteiger charge is -2.37. The Kier molecular flexibility index (Phi) is 2.69. The van der Waals surface area contributed by atoms with Crippen molar-refractivity contribution < 1.29 is 9.90 Å². The van der Waals surface area contributed by atoms with Crippen LogP contribution in [0.5, 0.6) is 0 Å². The van der Waals surface area contributed by atoms with Crippen LogP contribution in [0.3, 0.4) is 0 Å². The van der Waals surface area contributed by atoms with Crippen LogP contribution >= 0.6 is 0 Å². The molecule has 102 valence electrons. The molecule has 1 fully saturated rings. The first-order valence-corrected chi connectivity index (χ1v) is 6.81. The van der Waals surface area contributed by atoms with Crippen LogP contribution < -0.4 is 9.80 Å². The van der Waals surface area contributed by atoms with Crippen molar-refractivity contribution >= 4 is 17.3 Å². The van der Waals surface area contributed by atoms with E-state index in [4.69, 9.17) is 5.11 Å². The number of anilines is 2. The lowest BCUT2D eigenvalue weighted by Crippen LogP contribution is -2.38. The van der Waals surface area contributed by atoms with Gasteiger partial charge in [0.15, 0.2) is 0 Å². The fourth-order valence-electron chi connectivity index (χ4n) is 3.18. The fourth-order valence-corrected chi connectivity index (χ4v) is 3.18. The summed E-state index contributed by atoms with van der Waals surface area (Å²) in [6.45, 7) is 2.00. The van der Waals surface area contributed by atoms with Gasteiger partial charge in [-0.1, -0.05) is 12.1 Å². The van der Waals surface area contributed by atoms with Crippen molar-refractivity contribution in [1.82, 2.24) is 0 Å². The number of aliphatic carboxylic acids is 1. The standard InChI is InChI=1S/C15H20N2O2/c1-16-8-9-17(2)14-11(4-3-5-12(14)16)15(6-7-15)10-13(18)19/h3-5H,6-10H2,1-2H3,(H,18,19). The van der Waals surface area contributed by atoms with Crippen LogP contribution in [0.25, 0.3) is 0 Å². The molecule has 1 aliphatic heterocycles. The molecule has 0 spiro atoms. The zero-order valence-corrected chi connectivity index (χ0v) is 11.5. The minimum Gasteiger partial charge on any atom is -0.481 e. The molecule has 4 nitrogen and oxygen atoms in total. The highest BCUT2D eigenvalue weighted by Crippen LogP contribution is 2.55. The van der Waals surface area contributed by atoms with Crippen LogP contribution in [-0.2, 0) is 10.2 Å². The van der Waals surface area contributed by atoms with Gasteiger partial charge in [-0.2, -0.15) is 0 Å². The molecule has 1 aromatic rings. The normalized spacial score (nSPS) is 20.1. The maximum atomic E-state index is 11.1. The number of nitrogens with zero attached hydrogens (tertiary/aromatic N) is 2. The van der Waals surface area contributed by atoms with Crippen molar-refractivity contribution in [2.75, 3.05) is 37.0 Å². The monoisotopic (exact) mass is 260 g/mol. The molecule has 0 bridgehead atoms. The van der Waals surface area contributed by atoms with Crippen LogP contribution in [0, 0.1) is 0 Å². The summed E-state index contributed by atoms with van der Waals surface area (Å²) in [5.74, 6) is -0.693. The van der Waals surface area contributed by atoms with Gasteiger partial charge in [0.05, 0.1) is 17.8 Å². The number of carboxylic acid groups (broad SMARTS) is 1. The molecule has 1 aliphatic carbocycles. The number of rotatable bonds is 3. The van der Waals surface area contributed by atoms with Gasteiger partial charge >= 0.3 is 5.97 Å². The number of hydrogen-bond donors (Lipinski definition) is 1. The maximum Gasteiger partial charge on any atom is 0.304 e. The molecule has 1 N–H and O–H groups in total. The first-order valence-electron chi connectivity index (χ1n) is 6.81. The van der Waals surface area contributed by atoms with Gasteiger partial charge in [0, 0.05) is 32.6 Å². The summed E-state index contributed by atoms with van der Waals surface area (Å²) in [7, 11) is 4.21. The van der Waals surface area contributed by atoms with Crippen LogP contribution in [0.15, 0.2) is 18.2 Å². The molecule has 0 saturated heterocycles. The molecule has 19 heavy (non-hydrogen) atoms. The summed E-state index contributed by atoms with van der Waals surface area (Å²) in [4.78, 5) is 15.6. The number of likely N-dealkylation sites (N-methyl/N-ethyl adjacent to an activating group) is 2. The topological polar surface area (TPSA) is 43.8 Å². The Morgan fingerprint density at radius 1 is 1.26 bits per heavy atom. The Morgan fingerprint density at radius 3 is 2.58 bits per heavy atom. The Labute approximate surface area is 113 Å². The summed E-state index contributed by atoms with van der Waals surface area (Å²) in [6, 6.07) is 6.31. The van der Waals surface area contributed by atoms with Crippen LogP contribution in [0.2, 0.25) is 0 Å². The molecular weight excluding hydrogens is 240 g/mol. The summed E-state index contributed by atoms with van der Waals surface area (Å²) >= 11 is 0. The molecule has 0 radical (unpaired) electrons. The smallest absolute Gasteiger partial charge is 0.304 e. The number of carboxylic acids is 1. The van der Waals surface area contributed by atoms with Gasteiger partial charge in [0.1, 0.15) is 0 Å². The Bertz CT molecular complexity index is 523. The van der Waals surface area contributed by atoms with Gasteiger partial charge in [-0.3, -0.25) is 4.79 Å². The zero-order valence-electron chi connectivity index (χ0n) is 11.5. The van der Waals surface area contributed by atoms with Crippen molar-refractivity contribution in [3.05, 3.63) is 23.8 Å². The first kappa shape index (κ1) is 12.3. The zero-order chi connectivity index (χ0) is 13.6. The third kappa shape index (κ3) is 1.95. The molecular formula is C15H20N2O2. The number of benzene rings is 1. The lowest BCUT2D eigenvalue weighted by atomic mass is 9.89. The molecule has 2 aliphatic rings. The van der Waals surface area contributed by atoms with E-state index >= 15 is 0 Å². The summed E-state index contributed by atoms with van der Waals surface area (Å²) in [6.07, 6.45) is 2.24. The first-order chi connectivity index (χ1) is 9.03. The van der Waals surface area contributed by atoms with E-state index in [0.29, 0.717) is 0 Å². The SMILES string of the molecule is CN1CCN(C)c2c1cccc2C1(CC(=O)O)CC1. The molecule has 1 saturated carbocycles. The number of para-hydroxylation sites is 1. The highest BCUT2D eigenvalue weighted by molar-refractivity contribution is 5.80. The Hall–Kier alpha value is -1.71. The molecule has 0 amide bonds. The molecule has 0 unspecified atom stereocenters. The molecule has 0 atom stereocenters. The number of fused-ring (bicyclic) bond motifs is 1. The molecule has 3 rings (SSSR count). The van der Waals surface area contributed by atoms with E-state index in [1.54, 1.807) is 0 Å². The van der Waals surface area contributed by atoms with Gasteiger partial charge in [-0.05, 0) is 24.5 Å². The average Bonchev–Trinajstić information content (AvgIpc) is 3.13. The third-order valence-corrected chi connectivity index (χ3v) is 4.49. The highest BCUT2D eigenvalue weighted by atomic mass is 16.4. The summed E-state index contributed by atoms with van der Waals surface area (Å²) < 4.78 is 0. The minimum absolute atomic E-state index is 0.121. The fraction of sp³-hybridized carbons (Fsp3) is 0.533. The van der Waals surface area contributed by atoms with E-state index in [9.17, 15) is 4.79 Å². The van der Waals surface area contributed by atoms with Crippen LogP contribution in [0.1, 0.15) is 24.8 Å². The van der Waals surface area contributed by atoms with Gasteiger partial charge in [0.25, 0.3) is 0 Å². The third-order valence-electron chi connectivity index (χ3n) is 4.49. The van der Waals surface area contributed by atoms with E-state index in [0.717, 1.165) is 25.9 Å². The van der Waals surface area contributed by atoms with Gasteiger partial charge in [-0.25, -0.2) is 0 Å². The van der Waals surface area contributed by atoms with E-state index in [1.165, 1.54) is 16.9 Å². The second-order valence-corrected chi connectivity index (χ2v) is 5.87. The average molecular weight is 260 g/mol. The predicted octanol–water partition coefficient (Wildman–Crippen LogP) is 2.08. The van der Waals surface area contributed by atoms with Crippen molar-refractivity contribution in [3.8, 4) is 0 Å². The van der Waals surface area contributed by atoms with Crippen molar-refractivity contribution in [2.24, 2.45) is 0 Å². The molecule has 0 aromatic heterocycles. The quantitative estimate of drug-likeness (QED) is 0.903. The highest BCUT2D eigenvalue weighted by Gasteiger charge is 2.48. The summed E-state index contributed by atoms with van der Waals surface area (Å²) in [5, 5.41) is 9.15. The molecule has 1 aromatic carbocycles. The van der Waals surface area contributed by atoms with E-state index < -0.39 is 5.97 Å². The van der Waals surface area contributed by atoms with E-state index in [-0.39, 0.29) is 11.8 Å². The lowest BCUT2D eigenvalue weighted by molar-refractivity contribution is -0.137. The number of hydrogen-bond acceptors (Lipinski definition) is 3. The molecule has 1 heterocycles. The Morgan fingerprint density at radius 2 is 1.95 bits per heavy atom. The second kappa shape index (κ2) is 4.15. The molecule has 4 heteroatoms. The maximum absolute atomic E-state index is 11.1. The van der Waals surface area contributed by atoms with E-state index in [2.05, 4.69) is 42.1 Å². The van der Waals surface area contributed by atoms with Gasteiger partial charge in [0.2, 0.25) is 0 Å². The van der Waals surface area contributed by atoms with Gasteiger partial charge < -0.3 is 14.9 Å². The van der Waals surface area contributed by atoms with Crippen LogP contribution in [-0.4, -0.2) is 38.3 Å². The van der Waals surface area contributed by atoms with Gasteiger partial charge in [-0.15, -0.1) is 0 Å². The summed E-state index contributed by atoms with van der Waals surface area (Å²) in [5.41, 5.74) is 3.56. The van der Waals surface area contributed by atoms with Crippen LogP contribution in [0.4, 0.5) is 11.4 Å². The largest absolute Gasteiger partial charge is 0.481 e. The number of carbonyl (C=O) groups is 1. The second-order valence-electron chi connectivity index (χ2n) is 5.87. The van der Waals surface area contributed by atoms with E-state index in [1.807, 2.05) is 0 Å². The predicted molar refractivity (Wildman–Crippen MR) is 76.1 cm³/mol.